The highest BCUT2D eigenvalue weighted by molar-refractivity contribution is 6.29. The third-order valence-electron chi connectivity index (χ3n) is 5.67. The molecule has 5 heterocycles. The predicted molar refractivity (Wildman–Crippen MR) is 118 cm³/mol. The summed E-state index contributed by atoms with van der Waals surface area (Å²) in [6.07, 6.45) is 3.00. The summed E-state index contributed by atoms with van der Waals surface area (Å²) >= 11 is 6.56. The summed E-state index contributed by atoms with van der Waals surface area (Å²) in [5, 5.41) is 11.4. The number of halogens is 1. The summed E-state index contributed by atoms with van der Waals surface area (Å²) in [7, 11) is 0. The van der Waals surface area contributed by atoms with Crippen molar-refractivity contribution in [1.82, 2.24) is 34.8 Å². The van der Waals surface area contributed by atoms with Gasteiger partial charge in [0.2, 0.25) is 5.28 Å². The average molecular weight is 475 g/mol. The Morgan fingerprint density at radius 1 is 1.15 bits per heavy atom. The van der Waals surface area contributed by atoms with Crippen LogP contribution in [0.1, 0.15) is 12.2 Å². The summed E-state index contributed by atoms with van der Waals surface area (Å²) < 4.78 is 12.9. The summed E-state index contributed by atoms with van der Waals surface area (Å²) in [5.74, 6) is 1.83. The van der Waals surface area contributed by atoms with E-state index in [-0.39, 0.29) is 6.54 Å². The van der Waals surface area contributed by atoms with Gasteiger partial charge < -0.3 is 24.8 Å². The zero-order chi connectivity index (χ0) is 22.8. The molecule has 0 bridgehead atoms. The van der Waals surface area contributed by atoms with Crippen LogP contribution in [-0.4, -0.2) is 80.2 Å². The lowest BCUT2D eigenvalue weighted by atomic mass is 10.1. The first-order valence-electron chi connectivity index (χ1n) is 10.7. The number of nitrogens with one attached hydrogen (secondary N) is 1. The highest BCUT2D eigenvalue weighted by Crippen LogP contribution is 2.31. The van der Waals surface area contributed by atoms with Gasteiger partial charge in [-0.3, -0.25) is 4.57 Å². The molecule has 5 rings (SSSR count). The molecule has 13 heteroatoms. The quantitative estimate of drug-likeness (QED) is 0.506. The fraction of sp³-hybridized carbons (Fsp3) is 0.500. The maximum Gasteiger partial charge on any atom is 0.405 e. The molecule has 33 heavy (non-hydrogen) atoms. The molecule has 1 atom stereocenters. The summed E-state index contributed by atoms with van der Waals surface area (Å²) in [6.45, 7) is 4.67. The van der Waals surface area contributed by atoms with Gasteiger partial charge in [0, 0.05) is 44.6 Å². The molecule has 3 aromatic rings. The number of anilines is 1. The second-order valence-electron chi connectivity index (χ2n) is 7.91. The Bertz CT molecular complexity index is 1140. The van der Waals surface area contributed by atoms with Crippen LogP contribution in [0.3, 0.4) is 0 Å². The van der Waals surface area contributed by atoms with Gasteiger partial charge in [-0.1, -0.05) is 0 Å². The number of nitrogens with zero attached hydrogens (tertiary/aromatic N) is 7. The summed E-state index contributed by atoms with van der Waals surface area (Å²) in [6, 6.07) is 0. The molecule has 0 spiro atoms. The number of amides is 1. The van der Waals surface area contributed by atoms with Crippen LogP contribution in [0.2, 0.25) is 5.28 Å². The first-order chi connectivity index (χ1) is 16.1. The van der Waals surface area contributed by atoms with E-state index in [1.54, 1.807) is 12.4 Å². The van der Waals surface area contributed by atoms with Crippen molar-refractivity contribution in [3.8, 4) is 11.4 Å². The van der Waals surface area contributed by atoms with Gasteiger partial charge in [-0.05, 0) is 18.0 Å². The summed E-state index contributed by atoms with van der Waals surface area (Å²) in [4.78, 5) is 35.5. The number of morpholine rings is 1. The van der Waals surface area contributed by atoms with Crippen LogP contribution < -0.4 is 10.2 Å². The Balaban J connectivity index is 1.55. The number of aromatic nitrogens is 6. The molecular weight excluding hydrogens is 452 g/mol. The largest absolute Gasteiger partial charge is 0.465 e. The maximum atomic E-state index is 10.7. The van der Waals surface area contributed by atoms with Crippen LogP contribution in [0.15, 0.2) is 12.4 Å². The first kappa shape index (κ1) is 21.7. The smallest absolute Gasteiger partial charge is 0.405 e. The van der Waals surface area contributed by atoms with E-state index in [2.05, 4.69) is 25.2 Å². The van der Waals surface area contributed by atoms with Crippen LogP contribution in [0.25, 0.3) is 22.6 Å². The highest BCUT2D eigenvalue weighted by Gasteiger charge is 2.25. The minimum Gasteiger partial charge on any atom is -0.465 e. The van der Waals surface area contributed by atoms with Gasteiger partial charge in [0.15, 0.2) is 22.8 Å². The Morgan fingerprint density at radius 2 is 1.94 bits per heavy atom. The fourth-order valence-corrected chi connectivity index (χ4v) is 4.18. The molecule has 2 aliphatic rings. The normalized spacial score (nSPS) is 18.7. The van der Waals surface area contributed by atoms with E-state index in [9.17, 15) is 4.79 Å². The predicted octanol–water partition coefficient (Wildman–Crippen LogP) is 1.58. The Hall–Kier alpha value is -3.09. The van der Waals surface area contributed by atoms with E-state index in [4.69, 9.17) is 36.1 Å². The second kappa shape index (κ2) is 9.41. The SMILES string of the molecule is O=C(O)NCc1ncc(-c2nc(N3CCOCC3)c3nc(Cl)n(CC4CCOC4)c3n2)cn1. The van der Waals surface area contributed by atoms with Gasteiger partial charge in [-0.25, -0.2) is 29.7 Å². The highest BCUT2D eigenvalue weighted by atomic mass is 35.5. The van der Waals surface area contributed by atoms with Gasteiger partial charge in [0.25, 0.3) is 0 Å². The van der Waals surface area contributed by atoms with Crippen molar-refractivity contribution < 1.29 is 19.4 Å². The van der Waals surface area contributed by atoms with Crippen LogP contribution in [0, 0.1) is 5.92 Å². The van der Waals surface area contributed by atoms with Crippen LogP contribution in [-0.2, 0) is 22.6 Å². The Labute approximate surface area is 193 Å². The standard InChI is InChI=1S/C20H23ClN8O4/c21-19-25-15-17(28-2-5-32-6-3-28)26-16(13-7-22-14(23-8-13)9-24-20(30)31)27-18(15)29(19)10-12-1-4-33-11-12/h7-8,12,24H,1-6,9-11H2,(H,30,31). The molecule has 2 fully saturated rings. The summed E-state index contributed by atoms with van der Waals surface area (Å²) in [5.41, 5.74) is 1.90. The van der Waals surface area contributed by atoms with Crippen molar-refractivity contribution in [1.29, 1.82) is 0 Å². The van der Waals surface area contributed by atoms with Gasteiger partial charge in [0.05, 0.1) is 31.9 Å². The Kier molecular flexibility index (Phi) is 6.20. The molecule has 0 radical (unpaired) electrons. The van der Waals surface area contributed by atoms with Gasteiger partial charge in [-0.15, -0.1) is 0 Å². The molecule has 3 aromatic heterocycles. The van der Waals surface area contributed by atoms with Gasteiger partial charge in [0.1, 0.15) is 5.82 Å². The molecule has 174 valence electrons. The number of imidazole rings is 1. The molecule has 1 unspecified atom stereocenters. The van der Waals surface area contributed by atoms with Crippen LogP contribution in [0.4, 0.5) is 10.6 Å². The van der Waals surface area contributed by atoms with Gasteiger partial charge in [-0.2, -0.15) is 0 Å². The molecule has 0 saturated carbocycles. The van der Waals surface area contributed by atoms with Crippen molar-refractivity contribution in [3.05, 3.63) is 23.5 Å². The number of ether oxygens (including phenoxy) is 2. The molecule has 2 saturated heterocycles. The van der Waals surface area contributed by atoms with Crippen molar-refractivity contribution in [2.45, 2.75) is 19.5 Å². The molecular formula is C20H23ClN8O4. The number of carboxylic acid groups (broad SMARTS) is 1. The zero-order valence-electron chi connectivity index (χ0n) is 17.8. The lowest BCUT2D eigenvalue weighted by molar-refractivity contribution is 0.122. The lowest BCUT2D eigenvalue weighted by Crippen LogP contribution is -2.37. The van der Waals surface area contributed by atoms with E-state index >= 15 is 0 Å². The van der Waals surface area contributed by atoms with E-state index in [0.29, 0.717) is 84.9 Å². The minimum absolute atomic E-state index is 0.0143. The zero-order valence-corrected chi connectivity index (χ0v) is 18.5. The third kappa shape index (κ3) is 4.68. The van der Waals surface area contributed by atoms with Crippen molar-refractivity contribution >= 4 is 34.7 Å². The number of rotatable bonds is 6. The van der Waals surface area contributed by atoms with E-state index < -0.39 is 6.09 Å². The van der Waals surface area contributed by atoms with Crippen LogP contribution >= 0.6 is 11.6 Å². The number of carbonyl (C=O) groups is 1. The molecule has 12 nitrogen and oxygen atoms in total. The van der Waals surface area contributed by atoms with Crippen molar-refractivity contribution in [2.75, 3.05) is 44.4 Å². The fourth-order valence-electron chi connectivity index (χ4n) is 3.95. The van der Waals surface area contributed by atoms with E-state index in [0.717, 1.165) is 13.0 Å². The first-order valence-corrected chi connectivity index (χ1v) is 11.1. The molecule has 2 aliphatic heterocycles. The van der Waals surface area contributed by atoms with Crippen molar-refractivity contribution in [3.63, 3.8) is 0 Å². The topological polar surface area (TPSA) is 140 Å². The molecule has 0 aromatic carbocycles. The van der Waals surface area contributed by atoms with Crippen molar-refractivity contribution in [2.24, 2.45) is 5.92 Å². The lowest BCUT2D eigenvalue weighted by Gasteiger charge is -2.28. The molecule has 0 aliphatic carbocycles. The number of hydrogen-bond acceptors (Lipinski definition) is 9. The Morgan fingerprint density at radius 3 is 2.64 bits per heavy atom. The monoisotopic (exact) mass is 474 g/mol. The minimum atomic E-state index is -1.13. The maximum absolute atomic E-state index is 10.7. The number of fused-ring (bicyclic) bond motifs is 1. The molecule has 2 N–H and O–H groups in total. The van der Waals surface area contributed by atoms with Gasteiger partial charge >= 0.3 is 6.09 Å². The molecule has 1 amide bonds. The van der Waals surface area contributed by atoms with E-state index in [1.165, 1.54) is 0 Å². The average Bonchev–Trinajstić information content (AvgIpc) is 3.46. The second-order valence-corrected chi connectivity index (χ2v) is 8.25. The third-order valence-corrected chi connectivity index (χ3v) is 5.95. The van der Waals surface area contributed by atoms with E-state index in [1.807, 2.05) is 4.57 Å². The number of hydrogen-bond donors (Lipinski definition) is 2. The van der Waals surface area contributed by atoms with Crippen LogP contribution in [0.5, 0.6) is 0 Å².